The van der Waals surface area contributed by atoms with Crippen LogP contribution >= 0.6 is 0 Å². The van der Waals surface area contributed by atoms with Crippen molar-refractivity contribution >= 4 is 5.57 Å². The minimum atomic E-state index is 0.563. The molecular weight excluding hydrogens is 306 g/mol. The molecule has 1 aliphatic rings. The molecule has 3 nitrogen and oxygen atoms in total. The molecule has 4 rings (SSSR count). The van der Waals surface area contributed by atoms with Gasteiger partial charge in [0.1, 0.15) is 0 Å². The second-order valence-electron chi connectivity index (χ2n) is 6.27. The number of nitrogens with zero attached hydrogens (tertiary/aromatic N) is 3. The standard InChI is InChI=1S/C22H19N3/c1-16-12-14-19(15-13-16)22-24-20(17-8-4-2-5-9-17)23-21(25-22)18-10-6-3-7-11-18/h2-12,14-16H,13H2,1H3. The Balaban J connectivity index is 1.85. The molecule has 0 fully saturated rings. The lowest BCUT2D eigenvalue weighted by molar-refractivity contribution is 0.738. The quantitative estimate of drug-likeness (QED) is 0.665. The fourth-order valence-corrected chi connectivity index (χ4v) is 2.83. The van der Waals surface area contributed by atoms with Gasteiger partial charge in [-0.2, -0.15) is 0 Å². The molecule has 0 bridgehead atoms. The molecule has 1 atom stereocenters. The summed E-state index contributed by atoms with van der Waals surface area (Å²) < 4.78 is 0. The monoisotopic (exact) mass is 325 g/mol. The van der Waals surface area contributed by atoms with Crippen LogP contribution in [0.25, 0.3) is 28.3 Å². The number of allylic oxidation sites excluding steroid dienone is 4. The molecule has 1 aliphatic carbocycles. The summed E-state index contributed by atoms with van der Waals surface area (Å²) in [5.41, 5.74) is 3.06. The van der Waals surface area contributed by atoms with Gasteiger partial charge in [0.25, 0.3) is 0 Å². The largest absolute Gasteiger partial charge is 0.208 e. The summed E-state index contributed by atoms with van der Waals surface area (Å²) in [6, 6.07) is 20.1. The van der Waals surface area contributed by atoms with E-state index in [4.69, 9.17) is 15.0 Å². The molecule has 2 aromatic carbocycles. The summed E-state index contributed by atoms with van der Waals surface area (Å²) in [5, 5.41) is 0. The Bertz CT molecular complexity index is 870. The van der Waals surface area contributed by atoms with Gasteiger partial charge in [0.2, 0.25) is 0 Å². The van der Waals surface area contributed by atoms with Gasteiger partial charge in [-0.05, 0) is 12.3 Å². The summed E-state index contributed by atoms with van der Waals surface area (Å²) in [5.74, 6) is 2.71. The highest BCUT2D eigenvalue weighted by Gasteiger charge is 2.14. The summed E-state index contributed by atoms with van der Waals surface area (Å²) >= 11 is 0. The number of aromatic nitrogens is 3. The molecule has 122 valence electrons. The molecule has 0 spiro atoms. The molecule has 1 aromatic heterocycles. The fraction of sp³-hybridized carbons (Fsp3) is 0.136. The molecule has 0 N–H and O–H groups in total. The molecule has 1 unspecified atom stereocenters. The van der Waals surface area contributed by atoms with E-state index in [1.165, 1.54) is 0 Å². The Morgan fingerprint density at radius 2 is 1.24 bits per heavy atom. The molecule has 3 heteroatoms. The second-order valence-corrected chi connectivity index (χ2v) is 6.27. The maximum atomic E-state index is 4.74. The second kappa shape index (κ2) is 6.81. The fourth-order valence-electron chi connectivity index (χ4n) is 2.83. The zero-order valence-electron chi connectivity index (χ0n) is 14.1. The van der Waals surface area contributed by atoms with Crippen LogP contribution in [-0.4, -0.2) is 15.0 Å². The zero-order valence-corrected chi connectivity index (χ0v) is 14.1. The lowest BCUT2D eigenvalue weighted by Gasteiger charge is -2.12. The number of rotatable bonds is 3. The predicted octanol–water partition coefficient (Wildman–Crippen LogP) is 5.19. The highest BCUT2D eigenvalue weighted by Crippen LogP contribution is 2.26. The zero-order chi connectivity index (χ0) is 17.1. The van der Waals surface area contributed by atoms with Gasteiger partial charge in [-0.3, -0.25) is 0 Å². The maximum Gasteiger partial charge on any atom is 0.164 e. The van der Waals surface area contributed by atoms with Gasteiger partial charge in [-0.1, -0.05) is 85.8 Å². The third-order valence-electron chi connectivity index (χ3n) is 4.27. The third-order valence-corrected chi connectivity index (χ3v) is 4.27. The Labute approximate surface area is 147 Å². The lowest BCUT2D eigenvalue weighted by atomic mass is 9.98. The van der Waals surface area contributed by atoms with Crippen molar-refractivity contribution in [2.45, 2.75) is 13.3 Å². The molecule has 0 saturated heterocycles. The third kappa shape index (κ3) is 3.41. The van der Waals surface area contributed by atoms with Crippen LogP contribution in [0.5, 0.6) is 0 Å². The maximum absolute atomic E-state index is 4.74. The Hall–Kier alpha value is -3.07. The summed E-state index contributed by atoms with van der Waals surface area (Å²) in [7, 11) is 0. The highest BCUT2D eigenvalue weighted by atomic mass is 15.0. The predicted molar refractivity (Wildman–Crippen MR) is 102 cm³/mol. The van der Waals surface area contributed by atoms with Crippen LogP contribution in [-0.2, 0) is 0 Å². The van der Waals surface area contributed by atoms with Gasteiger partial charge in [-0.15, -0.1) is 0 Å². The average molecular weight is 325 g/mol. The van der Waals surface area contributed by atoms with Gasteiger partial charge < -0.3 is 0 Å². The van der Waals surface area contributed by atoms with E-state index >= 15 is 0 Å². The summed E-state index contributed by atoms with van der Waals surface area (Å²) in [6.45, 7) is 2.21. The topological polar surface area (TPSA) is 38.7 Å². The summed E-state index contributed by atoms with van der Waals surface area (Å²) in [4.78, 5) is 14.2. The van der Waals surface area contributed by atoms with Crippen molar-refractivity contribution in [3.05, 3.63) is 84.7 Å². The van der Waals surface area contributed by atoms with Crippen LogP contribution in [0.4, 0.5) is 0 Å². The average Bonchev–Trinajstić information content (AvgIpc) is 2.69. The van der Waals surface area contributed by atoms with Crippen molar-refractivity contribution in [3.8, 4) is 22.8 Å². The molecule has 0 radical (unpaired) electrons. The van der Waals surface area contributed by atoms with Gasteiger partial charge in [0, 0.05) is 16.7 Å². The van der Waals surface area contributed by atoms with Gasteiger partial charge in [0.05, 0.1) is 0 Å². The summed E-state index contributed by atoms with van der Waals surface area (Å²) in [6.07, 6.45) is 7.55. The van der Waals surface area contributed by atoms with Crippen molar-refractivity contribution in [1.29, 1.82) is 0 Å². The molecule has 0 saturated carbocycles. The van der Waals surface area contributed by atoms with Crippen LogP contribution in [0.1, 0.15) is 19.2 Å². The highest BCUT2D eigenvalue weighted by molar-refractivity contribution is 5.73. The SMILES string of the molecule is CC1C=CC(c2nc(-c3ccccc3)nc(-c3ccccc3)n2)=CC1. The first-order chi connectivity index (χ1) is 12.3. The first kappa shape index (κ1) is 15.5. The lowest BCUT2D eigenvalue weighted by Crippen LogP contribution is -2.04. The van der Waals surface area contributed by atoms with E-state index in [1.807, 2.05) is 60.7 Å². The molecule has 25 heavy (non-hydrogen) atoms. The van der Waals surface area contributed by atoms with Crippen molar-refractivity contribution < 1.29 is 0 Å². The molecular formula is C22H19N3. The van der Waals surface area contributed by atoms with Gasteiger partial charge in [0.15, 0.2) is 17.5 Å². The van der Waals surface area contributed by atoms with E-state index in [0.29, 0.717) is 17.6 Å². The van der Waals surface area contributed by atoms with Crippen LogP contribution < -0.4 is 0 Å². The molecule has 3 aromatic rings. The van der Waals surface area contributed by atoms with E-state index in [-0.39, 0.29) is 0 Å². The minimum absolute atomic E-state index is 0.563. The minimum Gasteiger partial charge on any atom is -0.208 e. The van der Waals surface area contributed by atoms with Crippen molar-refractivity contribution in [3.63, 3.8) is 0 Å². The number of benzene rings is 2. The van der Waals surface area contributed by atoms with Gasteiger partial charge >= 0.3 is 0 Å². The van der Waals surface area contributed by atoms with Crippen LogP contribution in [0.3, 0.4) is 0 Å². The number of hydrogen-bond donors (Lipinski definition) is 0. The van der Waals surface area contributed by atoms with Gasteiger partial charge in [-0.25, -0.2) is 15.0 Å². The van der Waals surface area contributed by atoms with Crippen LogP contribution in [0.15, 0.2) is 78.9 Å². The van der Waals surface area contributed by atoms with E-state index in [1.54, 1.807) is 0 Å². The van der Waals surface area contributed by atoms with E-state index in [2.05, 4.69) is 25.2 Å². The van der Waals surface area contributed by atoms with Crippen molar-refractivity contribution in [2.24, 2.45) is 5.92 Å². The first-order valence-corrected chi connectivity index (χ1v) is 8.55. The Morgan fingerprint density at radius 3 is 1.72 bits per heavy atom. The molecule has 0 aliphatic heterocycles. The Morgan fingerprint density at radius 1 is 0.720 bits per heavy atom. The molecule has 1 heterocycles. The number of hydrogen-bond acceptors (Lipinski definition) is 3. The van der Waals surface area contributed by atoms with Crippen LogP contribution in [0, 0.1) is 5.92 Å². The first-order valence-electron chi connectivity index (χ1n) is 8.55. The van der Waals surface area contributed by atoms with E-state index < -0.39 is 0 Å². The smallest absolute Gasteiger partial charge is 0.164 e. The Kier molecular flexibility index (Phi) is 4.21. The van der Waals surface area contributed by atoms with E-state index in [0.717, 1.165) is 28.9 Å². The van der Waals surface area contributed by atoms with Crippen LogP contribution in [0.2, 0.25) is 0 Å². The molecule has 0 amide bonds. The van der Waals surface area contributed by atoms with Crippen molar-refractivity contribution in [2.75, 3.05) is 0 Å². The van der Waals surface area contributed by atoms with E-state index in [9.17, 15) is 0 Å². The van der Waals surface area contributed by atoms with Crippen molar-refractivity contribution in [1.82, 2.24) is 15.0 Å². The normalized spacial score (nSPS) is 16.5.